The van der Waals surface area contributed by atoms with Crippen LogP contribution in [-0.4, -0.2) is 46.5 Å². The third-order valence-corrected chi connectivity index (χ3v) is 9.45. The Kier molecular flexibility index (Phi) is 6.97. The molecule has 5 rings (SSSR count). The smallest absolute Gasteiger partial charge is 0.404 e. The summed E-state index contributed by atoms with van der Waals surface area (Å²) in [4.78, 5) is 16.7. The van der Waals surface area contributed by atoms with Gasteiger partial charge >= 0.3 is 6.09 Å². The van der Waals surface area contributed by atoms with Gasteiger partial charge in [0, 0.05) is 23.2 Å². The lowest BCUT2D eigenvalue weighted by molar-refractivity contribution is 0.0787. The van der Waals surface area contributed by atoms with Crippen LogP contribution in [0.3, 0.4) is 0 Å². The largest absolute Gasteiger partial charge is 0.446 e. The molecule has 38 heavy (non-hydrogen) atoms. The summed E-state index contributed by atoms with van der Waals surface area (Å²) in [5.74, 6) is 0.225. The SMILES string of the molecule is CC(C)(C)NS(=O)(=O)c1cc(-c2ccc3n[nH]nc3c2)ccc1-c1cnc(C2CCC(OC(N)=O)CC2)s1. The zero-order chi connectivity index (χ0) is 27.1. The summed E-state index contributed by atoms with van der Waals surface area (Å²) in [5.41, 5.74) is 8.13. The fourth-order valence-corrected chi connectivity index (χ4v) is 7.66. The zero-order valence-corrected chi connectivity index (χ0v) is 23.0. The molecular formula is C26H30N6O4S2. The number of primary amides is 1. The number of nitrogens with zero attached hydrogens (tertiary/aromatic N) is 3. The number of hydrogen-bond acceptors (Lipinski definition) is 8. The number of aromatic amines is 1. The Morgan fingerprint density at radius 1 is 1.05 bits per heavy atom. The van der Waals surface area contributed by atoms with E-state index in [4.69, 9.17) is 10.5 Å². The number of carbonyl (C=O) groups excluding carboxylic acids is 1. The Labute approximate surface area is 225 Å². The molecule has 0 bridgehead atoms. The van der Waals surface area contributed by atoms with Crippen LogP contribution in [0.1, 0.15) is 57.4 Å². The number of benzene rings is 2. The molecule has 0 spiro atoms. The highest BCUT2D eigenvalue weighted by Crippen LogP contribution is 2.41. The molecule has 2 aromatic heterocycles. The second kappa shape index (κ2) is 10.1. The summed E-state index contributed by atoms with van der Waals surface area (Å²) in [6.07, 6.45) is 3.94. The summed E-state index contributed by atoms with van der Waals surface area (Å²) in [5, 5.41) is 11.8. The molecule has 4 aromatic rings. The maximum absolute atomic E-state index is 13.6. The van der Waals surface area contributed by atoms with Crippen LogP contribution in [0.4, 0.5) is 4.79 Å². The van der Waals surface area contributed by atoms with E-state index in [-0.39, 0.29) is 16.9 Å². The van der Waals surface area contributed by atoms with Crippen LogP contribution in [-0.2, 0) is 14.8 Å². The molecule has 0 saturated heterocycles. The van der Waals surface area contributed by atoms with Gasteiger partial charge in [0.05, 0.1) is 14.8 Å². The van der Waals surface area contributed by atoms with E-state index in [1.807, 2.05) is 51.1 Å². The second-order valence-electron chi connectivity index (χ2n) is 10.6. The predicted molar refractivity (Wildman–Crippen MR) is 146 cm³/mol. The molecule has 1 aliphatic rings. The Balaban J connectivity index is 1.50. The van der Waals surface area contributed by atoms with Gasteiger partial charge in [0.15, 0.2) is 0 Å². The third kappa shape index (κ3) is 5.71. The summed E-state index contributed by atoms with van der Waals surface area (Å²) in [6, 6.07) is 11.1. The number of nitrogens with one attached hydrogen (secondary N) is 2. The predicted octanol–water partition coefficient (Wildman–Crippen LogP) is 4.95. The molecule has 1 amide bonds. The molecule has 10 nitrogen and oxygen atoms in total. The van der Waals surface area contributed by atoms with E-state index in [1.165, 1.54) is 11.3 Å². The Bertz CT molecular complexity index is 1580. The van der Waals surface area contributed by atoms with Crippen molar-refractivity contribution in [3.63, 3.8) is 0 Å². The second-order valence-corrected chi connectivity index (χ2v) is 13.3. The van der Waals surface area contributed by atoms with Gasteiger partial charge in [-0.2, -0.15) is 15.4 Å². The van der Waals surface area contributed by atoms with E-state index in [0.717, 1.165) is 52.2 Å². The molecule has 1 aliphatic carbocycles. The fraction of sp³-hybridized carbons (Fsp3) is 0.385. The molecule has 1 saturated carbocycles. The van der Waals surface area contributed by atoms with Crippen molar-refractivity contribution in [2.24, 2.45) is 5.73 Å². The van der Waals surface area contributed by atoms with Crippen molar-refractivity contribution in [2.45, 2.75) is 68.9 Å². The molecular weight excluding hydrogens is 524 g/mol. The highest BCUT2D eigenvalue weighted by atomic mass is 32.2. The number of hydrogen-bond donors (Lipinski definition) is 3. The highest BCUT2D eigenvalue weighted by Gasteiger charge is 2.29. The number of H-pyrrole nitrogens is 1. The maximum atomic E-state index is 13.6. The van der Waals surface area contributed by atoms with Crippen molar-refractivity contribution in [1.29, 1.82) is 0 Å². The molecule has 4 N–H and O–H groups in total. The van der Waals surface area contributed by atoms with Gasteiger partial charge in [0.1, 0.15) is 17.1 Å². The molecule has 0 aliphatic heterocycles. The monoisotopic (exact) mass is 554 g/mol. The molecule has 1 fully saturated rings. The summed E-state index contributed by atoms with van der Waals surface area (Å²) in [6.45, 7) is 5.45. The van der Waals surface area contributed by atoms with Crippen molar-refractivity contribution >= 4 is 38.5 Å². The minimum atomic E-state index is -3.86. The van der Waals surface area contributed by atoms with E-state index >= 15 is 0 Å². The van der Waals surface area contributed by atoms with Crippen LogP contribution in [0.15, 0.2) is 47.5 Å². The van der Waals surface area contributed by atoms with E-state index in [0.29, 0.717) is 11.1 Å². The summed E-state index contributed by atoms with van der Waals surface area (Å²) < 4.78 is 35.2. The van der Waals surface area contributed by atoms with E-state index in [9.17, 15) is 13.2 Å². The number of amides is 1. The van der Waals surface area contributed by atoms with Gasteiger partial charge in [-0.3, -0.25) is 0 Å². The number of fused-ring (bicyclic) bond motifs is 1. The average molecular weight is 555 g/mol. The first-order chi connectivity index (χ1) is 18.0. The van der Waals surface area contributed by atoms with Crippen LogP contribution in [0, 0.1) is 0 Å². The maximum Gasteiger partial charge on any atom is 0.404 e. The van der Waals surface area contributed by atoms with Gasteiger partial charge < -0.3 is 10.5 Å². The standard InChI is InChI=1S/C26H30N6O4S2/c1-26(2,3)31-38(34,35)23-13-17(16-7-11-20-21(12-16)30-32-29-20)6-10-19(23)22-14-28-24(37-22)15-4-8-18(9-5-15)36-25(27)33/h6-7,10-15,18,31H,4-5,8-9H2,1-3H3,(H2,27,33)(H,29,30,32). The van der Waals surface area contributed by atoms with Gasteiger partial charge in [0.2, 0.25) is 10.0 Å². The van der Waals surface area contributed by atoms with E-state index in [1.54, 1.807) is 12.3 Å². The number of carbonyl (C=O) groups is 1. The molecule has 0 atom stereocenters. The summed E-state index contributed by atoms with van der Waals surface area (Å²) in [7, 11) is -3.86. The number of thiazole rings is 1. The van der Waals surface area contributed by atoms with Crippen LogP contribution in [0.5, 0.6) is 0 Å². The molecule has 2 heterocycles. The first-order valence-corrected chi connectivity index (χ1v) is 14.7. The average Bonchev–Trinajstić information content (AvgIpc) is 3.52. The fourth-order valence-electron chi connectivity index (χ4n) is 4.80. The zero-order valence-electron chi connectivity index (χ0n) is 21.4. The molecule has 2 aromatic carbocycles. The quantitative estimate of drug-likeness (QED) is 0.305. The molecule has 12 heteroatoms. The number of ether oxygens (including phenoxy) is 1. The van der Waals surface area contributed by atoms with Crippen molar-refractivity contribution < 1.29 is 17.9 Å². The minimum Gasteiger partial charge on any atom is -0.446 e. The van der Waals surface area contributed by atoms with Crippen LogP contribution in [0.25, 0.3) is 32.6 Å². The van der Waals surface area contributed by atoms with Crippen molar-refractivity contribution in [3.8, 4) is 21.6 Å². The number of sulfonamides is 1. The molecule has 0 radical (unpaired) electrons. The normalized spacial score (nSPS) is 18.5. The first-order valence-electron chi connectivity index (χ1n) is 12.4. The van der Waals surface area contributed by atoms with Gasteiger partial charge in [-0.1, -0.05) is 18.2 Å². The van der Waals surface area contributed by atoms with Gasteiger partial charge in [-0.05, 0) is 75.8 Å². The van der Waals surface area contributed by atoms with Gasteiger partial charge in [0.25, 0.3) is 0 Å². The van der Waals surface area contributed by atoms with Crippen LogP contribution in [0.2, 0.25) is 0 Å². The van der Waals surface area contributed by atoms with Crippen molar-refractivity contribution in [3.05, 3.63) is 47.6 Å². The number of aromatic nitrogens is 4. The van der Waals surface area contributed by atoms with Crippen LogP contribution >= 0.6 is 11.3 Å². The molecule has 0 unspecified atom stereocenters. The topological polar surface area (TPSA) is 153 Å². The van der Waals surface area contributed by atoms with E-state index < -0.39 is 21.7 Å². The lowest BCUT2D eigenvalue weighted by Gasteiger charge is -2.26. The van der Waals surface area contributed by atoms with Gasteiger partial charge in [-0.15, -0.1) is 11.3 Å². The van der Waals surface area contributed by atoms with Crippen LogP contribution < -0.4 is 10.5 Å². The van der Waals surface area contributed by atoms with Crippen molar-refractivity contribution in [2.75, 3.05) is 0 Å². The number of nitrogens with two attached hydrogens (primary N) is 1. The lowest BCUT2D eigenvalue weighted by Crippen LogP contribution is -2.40. The Morgan fingerprint density at radius 3 is 2.45 bits per heavy atom. The Hall–Kier alpha value is -3.35. The summed E-state index contributed by atoms with van der Waals surface area (Å²) >= 11 is 1.50. The highest BCUT2D eigenvalue weighted by molar-refractivity contribution is 7.89. The van der Waals surface area contributed by atoms with Crippen molar-refractivity contribution in [1.82, 2.24) is 25.1 Å². The van der Waals surface area contributed by atoms with E-state index in [2.05, 4.69) is 25.1 Å². The minimum absolute atomic E-state index is 0.160. The number of rotatable bonds is 6. The third-order valence-electron chi connectivity index (χ3n) is 6.46. The van der Waals surface area contributed by atoms with Gasteiger partial charge in [-0.25, -0.2) is 22.9 Å². The lowest BCUT2D eigenvalue weighted by atomic mass is 9.88. The molecule has 200 valence electrons. The Morgan fingerprint density at radius 2 is 1.74 bits per heavy atom. The first kappa shape index (κ1) is 26.3.